The van der Waals surface area contributed by atoms with E-state index in [2.05, 4.69) is 14.7 Å². The predicted molar refractivity (Wildman–Crippen MR) is 80.2 cm³/mol. The van der Waals surface area contributed by atoms with Crippen molar-refractivity contribution in [2.45, 2.75) is 6.10 Å². The summed E-state index contributed by atoms with van der Waals surface area (Å²) >= 11 is 1.21. The highest BCUT2D eigenvalue weighted by atomic mass is 32.1. The third kappa shape index (κ3) is 2.37. The molecule has 2 heterocycles. The van der Waals surface area contributed by atoms with Crippen LogP contribution in [-0.2, 0) is 4.74 Å². The average Bonchev–Trinajstić information content (AvgIpc) is 3.12. The largest absolute Gasteiger partial charge is 0.464 e. The molecule has 6 nitrogen and oxygen atoms in total. The van der Waals surface area contributed by atoms with Gasteiger partial charge in [0.2, 0.25) is 0 Å². The Hall–Kier alpha value is -2.38. The minimum absolute atomic E-state index is 0.195. The number of hydrogen-bond acceptors (Lipinski definition) is 6. The number of H-pyrrole nitrogens is 1. The van der Waals surface area contributed by atoms with Crippen LogP contribution in [-0.4, -0.2) is 28.2 Å². The number of esters is 1. The van der Waals surface area contributed by atoms with E-state index < -0.39 is 12.1 Å². The van der Waals surface area contributed by atoms with Crippen molar-refractivity contribution in [3.63, 3.8) is 0 Å². The molecule has 0 spiro atoms. The van der Waals surface area contributed by atoms with Crippen molar-refractivity contribution in [3.05, 3.63) is 46.0 Å². The number of nitrogens with zero attached hydrogens (tertiary/aromatic N) is 1. The molecule has 4 N–H and O–H groups in total. The van der Waals surface area contributed by atoms with E-state index in [1.54, 1.807) is 23.7 Å². The molecule has 0 aliphatic heterocycles. The number of carbonyl (C=O) groups is 1. The molecule has 21 heavy (non-hydrogen) atoms. The van der Waals surface area contributed by atoms with E-state index in [0.717, 1.165) is 10.9 Å². The Bertz CT molecular complexity index is 809. The van der Waals surface area contributed by atoms with Crippen LogP contribution in [0, 0.1) is 0 Å². The van der Waals surface area contributed by atoms with Crippen LogP contribution in [0.5, 0.6) is 0 Å². The normalized spacial score (nSPS) is 12.5. The molecule has 0 fully saturated rings. The average molecular weight is 303 g/mol. The highest BCUT2D eigenvalue weighted by Gasteiger charge is 2.20. The second-order valence-electron chi connectivity index (χ2n) is 4.51. The molecule has 3 aromatic rings. The predicted octanol–water partition coefficient (Wildman–Crippen LogP) is 2.07. The number of nitrogens with one attached hydrogen (secondary N) is 1. The minimum Gasteiger partial charge on any atom is -0.464 e. The van der Waals surface area contributed by atoms with Crippen molar-refractivity contribution in [2.75, 3.05) is 12.8 Å². The fraction of sp³-hybridized carbons (Fsp3) is 0.143. The summed E-state index contributed by atoms with van der Waals surface area (Å²) in [6.45, 7) is 0. The third-order valence-corrected chi connectivity index (χ3v) is 4.08. The first-order valence-electron chi connectivity index (χ1n) is 6.18. The van der Waals surface area contributed by atoms with Gasteiger partial charge in [-0.15, -0.1) is 11.3 Å². The number of nitrogen functional groups attached to an aromatic ring is 1. The molecule has 1 unspecified atom stereocenters. The first kappa shape index (κ1) is 13.6. The number of benzene rings is 1. The summed E-state index contributed by atoms with van der Waals surface area (Å²) in [4.78, 5) is 18.6. The highest BCUT2D eigenvalue weighted by molar-refractivity contribution is 7.09. The number of thiazole rings is 1. The number of aromatic nitrogens is 2. The molecular weight excluding hydrogens is 290 g/mol. The summed E-state index contributed by atoms with van der Waals surface area (Å²) in [6.07, 6.45) is 0.805. The van der Waals surface area contributed by atoms with Gasteiger partial charge in [-0.25, -0.2) is 9.78 Å². The summed E-state index contributed by atoms with van der Waals surface area (Å²) in [6, 6.07) is 5.41. The van der Waals surface area contributed by atoms with Crippen LogP contribution in [0.2, 0.25) is 0 Å². The number of ether oxygens (including phenoxy) is 1. The molecule has 108 valence electrons. The number of hydrogen-bond donors (Lipinski definition) is 3. The van der Waals surface area contributed by atoms with Crippen molar-refractivity contribution in [3.8, 4) is 0 Å². The van der Waals surface area contributed by atoms with E-state index >= 15 is 0 Å². The van der Waals surface area contributed by atoms with Gasteiger partial charge in [-0.3, -0.25) is 0 Å². The van der Waals surface area contributed by atoms with Gasteiger partial charge in [-0.1, -0.05) is 6.07 Å². The topological polar surface area (TPSA) is 101 Å². The molecule has 0 radical (unpaired) electrons. The molecule has 1 aromatic carbocycles. The summed E-state index contributed by atoms with van der Waals surface area (Å²) in [7, 11) is 1.29. The van der Waals surface area contributed by atoms with Crippen LogP contribution < -0.4 is 5.73 Å². The number of carbonyl (C=O) groups excluding carboxylic acids is 1. The summed E-state index contributed by atoms with van der Waals surface area (Å²) < 4.78 is 4.61. The number of nitrogens with two attached hydrogens (primary N) is 1. The number of rotatable bonds is 3. The number of methoxy groups -OCH3 is 1. The van der Waals surface area contributed by atoms with E-state index in [9.17, 15) is 9.90 Å². The summed E-state index contributed by atoms with van der Waals surface area (Å²) in [5.74, 6) is -0.517. The van der Waals surface area contributed by atoms with Crippen LogP contribution in [0.3, 0.4) is 0 Å². The van der Waals surface area contributed by atoms with Gasteiger partial charge in [-0.05, 0) is 12.1 Å². The zero-order chi connectivity index (χ0) is 15.0. The number of aliphatic hydroxyl groups excluding tert-OH is 1. The molecule has 2 aromatic heterocycles. The maximum Gasteiger partial charge on any atom is 0.357 e. The van der Waals surface area contributed by atoms with Gasteiger partial charge in [0.25, 0.3) is 0 Å². The fourth-order valence-corrected chi connectivity index (χ4v) is 2.93. The van der Waals surface area contributed by atoms with Gasteiger partial charge >= 0.3 is 5.97 Å². The number of anilines is 1. The Kier molecular flexibility index (Phi) is 3.36. The molecule has 3 rings (SSSR count). The van der Waals surface area contributed by atoms with Gasteiger partial charge < -0.3 is 20.6 Å². The second kappa shape index (κ2) is 5.19. The quantitative estimate of drug-likeness (QED) is 0.508. The van der Waals surface area contributed by atoms with Crippen molar-refractivity contribution < 1.29 is 14.6 Å². The van der Waals surface area contributed by atoms with Gasteiger partial charge in [0.1, 0.15) is 11.1 Å². The van der Waals surface area contributed by atoms with Crippen molar-refractivity contribution in [1.82, 2.24) is 9.97 Å². The zero-order valence-corrected chi connectivity index (χ0v) is 12.0. The molecule has 0 aliphatic carbocycles. The lowest BCUT2D eigenvalue weighted by Gasteiger charge is -2.06. The number of aromatic amines is 1. The summed E-state index contributed by atoms with van der Waals surface area (Å²) in [5.41, 5.74) is 8.10. The molecule has 0 aliphatic rings. The lowest BCUT2D eigenvalue weighted by Crippen LogP contribution is -2.03. The first-order chi connectivity index (χ1) is 10.1. The van der Waals surface area contributed by atoms with E-state index in [4.69, 9.17) is 5.73 Å². The van der Waals surface area contributed by atoms with Crippen LogP contribution in [0.1, 0.15) is 27.2 Å². The monoisotopic (exact) mass is 303 g/mol. The standard InChI is InChI=1S/C14H13N3O3S/c1-20-14(19)11-6-21-13(17-11)12(18)9-5-16-10-4-7(15)2-3-8(9)10/h2-6,12,16,18H,15H2,1H3. The molecule has 0 bridgehead atoms. The third-order valence-electron chi connectivity index (χ3n) is 3.18. The van der Waals surface area contributed by atoms with Gasteiger partial charge in [-0.2, -0.15) is 0 Å². The smallest absolute Gasteiger partial charge is 0.357 e. The highest BCUT2D eigenvalue weighted by Crippen LogP contribution is 2.31. The van der Waals surface area contributed by atoms with Crippen molar-refractivity contribution in [1.29, 1.82) is 0 Å². The molecule has 0 amide bonds. The number of aliphatic hydroxyl groups is 1. The van der Waals surface area contributed by atoms with E-state index in [-0.39, 0.29) is 5.69 Å². The van der Waals surface area contributed by atoms with Crippen molar-refractivity contribution >= 4 is 33.9 Å². The Morgan fingerprint density at radius 3 is 3.10 bits per heavy atom. The van der Waals surface area contributed by atoms with Crippen LogP contribution in [0.4, 0.5) is 5.69 Å². The van der Waals surface area contributed by atoms with E-state index in [1.807, 2.05) is 6.07 Å². The Labute approximate surface area is 124 Å². The lowest BCUT2D eigenvalue weighted by atomic mass is 10.1. The fourth-order valence-electron chi connectivity index (χ4n) is 2.14. The SMILES string of the molecule is COC(=O)c1csc(C(O)c2c[nH]c3cc(N)ccc23)n1. The van der Waals surface area contributed by atoms with Crippen molar-refractivity contribution in [2.24, 2.45) is 0 Å². The lowest BCUT2D eigenvalue weighted by molar-refractivity contribution is 0.0594. The molecule has 0 saturated carbocycles. The Balaban J connectivity index is 1.98. The first-order valence-corrected chi connectivity index (χ1v) is 7.06. The van der Waals surface area contributed by atoms with E-state index in [0.29, 0.717) is 16.3 Å². The van der Waals surface area contributed by atoms with Crippen LogP contribution >= 0.6 is 11.3 Å². The minimum atomic E-state index is -0.911. The Morgan fingerprint density at radius 1 is 1.52 bits per heavy atom. The molecule has 7 heteroatoms. The number of fused-ring (bicyclic) bond motifs is 1. The van der Waals surface area contributed by atoms with Crippen LogP contribution in [0.25, 0.3) is 10.9 Å². The van der Waals surface area contributed by atoms with Gasteiger partial charge in [0.05, 0.1) is 7.11 Å². The zero-order valence-electron chi connectivity index (χ0n) is 11.2. The van der Waals surface area contributed by atoms with Gasteiger partial charge in [0, 0.05) is 33.7 Å². The molecular formula is C14H13N3O3S. The maximum atomic E-state index is 11.4. The summed E-state index contributed by atoms with van der Waals surface area (Å²) in [5, 5.41) is 13.3. The maximum absolute atomic E-state index is 11.4. The second-order valence-corrected chi connectivity index (χ2v) is 5.40. The van der Waals surface area contributed by atoms with Crippen LogP contribution in [0.15, 0.2) is 29.8 Å². The van der Waals surface area contributed by atoms with E-state index in [1.165, 1.54) is 18.4 Å². The Morgan fingerprint density at radius 2 is 2.33 bits per heavy atom. The molecule has 1 atom stereocenters. The van der Waals surface area contributed by atoms with Gasteiger partial charge in [0.15, 0.2) is 5.69 Å². The molecule has 0 saturated heterocycles.